The Balaban J connectivity index is 0.00000325. The van der Waals surface area contributed by atoms with Crippen LogP contribution in [0.2, 0.25) is 0 Å². The van der Waals surface area contributed by atoms with Crippen molar-refractivity contribution < 1.29 is 130 Å². The SMILES string of the molecule is CCC(=O)NC1CC(N2CCCC(C(=O)[O-])C2)CCC1N=Nc1c(C#N)c(-c2ccccc2)nn1C1C(Cl)CC(S(=O)(=O)[O-])CC1Cl.[K+].[K+]. The molecule has 49 heavy (non-hydrogen) atoms. The number of aliphatic carboxylic acids is 1. The topological polar surface area (TPSA) is 196 Å². The molecule has 3 fully saturated rings. The quantitative estimate of drug-likeness (QED) is 0.121. The van der Waals surface area contributed by atoms with Gasteiger partial charge in [-0.1, -0.05) is 37.3 Å². The Morgan fingerprint density at radius 2 is 1.78 bits per heavy atom. The van der Waals surface area contributed by atoms with Gasteiger partial charge in [-0.15, -0.1) is 28.3 Å². The third-order valence-corrected chi connectivity index (χ3v) is 11.6. The minimum absolute atomic E-state index is 0. The van der Waals surface area contributed by atoms with Crippen molar-refractivity contribution in [3.8, 4) is 17.3 Å². The Bertz CT molecular complexity index is 1630. The van der Waals surface area contributed by atoms with Crippen molar-refractivity contribution in [1.29, 1.82) is 5.26 Å². The second-order valence-corrected chi connectivity index (χ2v) is 15.3. The summed E-state index contributed by atoms with van der Waals surface area (Å²) in [5, 5.41) is 35.8. The van der Waals surface area contributed by atoms with E-state index in [0.717, 1.165) is 13.0 Å². The van der Waals surface area contributed by atoms with Gasteiger partial charge in [-0.2, -0.15) is 15.5 Å². The fraction of sp³-hybridized carbons (Fsp3) is 0.613. The summed E-state index contributed by atoms with van der Waals surface area (Å²) in [6.45, 7) is 2.91. The molecule has 1 aromatic heterocycles. The molecule has 2 heterocycles. The van der Waals surface area contributed by atoms with Crippen molar-refractivity contribution in [2.45, 2.75) is 98.5 Å². The van der Waals surface area contributed by atoms with Gasteiger partial charge in [0.2, 0.25) is 5.91 Å². The molecular weight excluding hydrogens is 748 g/mol. The summed E-state index contributed by atoms with van der Waals surface area (Å²) in [5.74, 6) is -1.65. The summed E-state index contributed by atoms with van der Waals surface area (Å²) in [6.07, 6.45) is 3.08. The number of rotatable bonds is 9. The number of carbonyl (C=O) groups is 2. The zero-order chi connectivity index (χ0) is 33.9. The number of nitrogens with one attached hydrogen (secondary N) is 1. The number of amides is 1. The number of carbonyl (C=O) groups excluding carboxylic acids is 2. The molecule has 1 aliphatic heterocycles. The van der Waals surface area contributed by atoms with Crippen molar-refractivity contribution in [3.63, 3.8) is 0 Å². The number of hydrogen-bond donors (Lipinski definition) is 1. The summed E-state index contributed by atoms with van der Waals surface area (Å²) >= 11 is 13.4. The fourth-order valence-electron chi connectivity index (χ4n) is 7.00. The first-order valence-electron chi connectivity index (χ1n) is 15.9. The molecule has 2 aromatic rings. The van der Waals surface area contributed by atoms with Gasteiger partial charge in [-0.3, -0.25) is 9.69 Å². The van der Waals surface area contributed by atoms with Gasteiger partial charge < -0.3 is 19.8 Å². The van der Waals surface area contributed by atoms with Gasteiger partial charge in [-0.25, -0.2) is 13.1 Å². The molecule has 1 saturated heterocycles. The molecule has 0 radical (unpaired) electrons. The third-order valence-electron chi connectivity index (χ3n) is 9.51. The maximum absolute atomic E-state index is 12.6. The van der Waals surface area contributed by atoms with Gasteiger partial charge in [0.1, 0.15) is 17.3 Å². The average molecular weight is 785 g/mol. The first kappa shape index (κ1) is 43.6. The zero-order valence-electron chi connectivity index (χ0n) is 27.9. The molecule has 2 saturated carbocycles. The summed E-state index contributed by atoms with van der Waals surface area (Å²) in [4.78, 5) is 26.3. The van der Waals surface area contributed by atoms with Gasteiger partial charge in [0.25, 0.3) is 0 Å². The first-order valence-corrected chi connectivity index (χ1v) is 18.2. The Labute approximate surface area is 381 Å². The van der Waals surface area contributed by atoms with Crippen LogP contribution in [0.4, 0.5) is 5.82 Å². The fourth-order valence-corrected chi connectivity index (χ4v) is 9.17. The predicted octanol–water partition coefficient (Wildman–Crippen LogP) is -2.75. The van der Waals surface area contributed by atoms with E-state index >= 15 is 0 Å². The van der Waals surface area contributed by atoms with Crippen LogP contribution in [0.3, 0.4) is 0 Å². The zero-order valence-corrected chi connectivity index (χ0v) is 36.4. The van der Waals surface area contributed by atoms with Crippen LogP contribution in [0, 0.1) is 17.2 Å². The molecule has 0 bridgehead atoms. The van der Waals surface area contributed by atoms with Crippen LogP contribution in [-0.2, 0) is 19.7 Å². The molecule has 13 nitrogen and oxygen atoms in total. The molecule has 0 spiro atoms. The maximum Gasteiger partial charge on any atom is 1.00 e. The van der Waals surface area contributed by atoms with E-state index in [1.54, 1.807) is 31.2 Å². The van der Waals surface area contributed by atoms with E-state index < -0.39 is 56.1 Å². The summed E-state index contributed by atoms with van der Waals surface area (Å²) in [5.41, 5.74) is 1.08. The van der Waals surface area contributed by atoms with Crippen LogP contribution in [0.5, 0.6) is 0 Å². The van der Waals surface area contributed by atoms with E-state index in [0.29, 0.717) is 43.5 Å². The average Bonchev–Trinajstić information content (AvgIpc) is 3.41. The largest absolute Gasteiger partial charge is 1.00 e. The van der Waals surface area contributed by atoms with Crippen molar-refractivity contribution in [1.82, 2.24) is 20.0 Å². The number of azo groups is 1. The number of piperidine rings is 1. The standard InChI is InChI=1S/C31H39Cl2N7O6S.2K/c1-2-27(41)35-26-13-20(39-12-6-9-19(17-39)31(42)43)10-11-25(26)36-37-30-22(16-34)28(18-7-4-3-5-8-18)38-40(30)29-23(32)14-21(15-24(29)33)47(44,45)46;;/h3-5,7-8,19-21,23-26,29H,2,6,9-15,17H2,1H3,(H,35,41)(H,42,43)(H,44,45,46);;/q;2*+1/p-2. The van der Waals surface area contributed by atoms with Crippen LogP contribution >= 0.6 is 23.2 Å². The summed E-state index contributed by atoms with van der Waals surface area (Å²) in [7, 11) is -4.63. The number of aromatic nitrogens is 2. The molecule has 6 unspecified atom stereocenters. The van der Waals surface area contributed by atoms with Crippen LogP contribution in [-0.4, -0.2) is 86.7 Å². The number of carboxylic acids is 1. The van der Waals surface area contributed by atoms with Gasteiger partial charge in [0, 0.05) is 36.5 Å². The van der Waals surface area contributed by atoms with Gasteiger partial charge >= 0.3 is 103 Å². The first-order chi connectivity index (χ1) is 22.4. The Hall–Kier alpha value is 0.183. The molecule has 6 atom stereocenters. The maximum atomic E-state index is 12.6. The van der Waals surface area contributed by atoms with Crippen LogP contribution < -0.4 is 113 Å². The predicted molar refractivity (Wildman–Crippen MR) is 171 cm³/mol. The number of likely N-dealkylation sites (tertiary alicyclic amines) is 1. The molecule has 1 amide bonds. The smallest absolute Gasteiger partial charge is 0.748 e. The number of alkyl halides is 2. The Kier molecular flexibility index (Phi) is 17.3. The van der Waals surface area contributed by atoms with Crippen LogP contribution in [0.1, 0.15) is 69.9 Å². The molecule has 3 aliphatic rings. The van der Waals surface area contributed by atoms with Crippen molar-refractivity contribution >= 4 is 51.0 Å². The van der Waals surface area contributed by atoms with E-state index in [2.05, 4.69) is 26.5 Å². The summed E-state index contributed by atoms with van der Waals surface area (Å²) in [6, 6.07) is 9.55. The normalized spacial score (nSPS) is 29.3. The number of halogens is 2. The Morgan fingerprint density at radius 1 is 1.10 bits per heavy atom. The number of benzene rings is 1. The van der Waals surface area contributed by atoms with E-state index in [4.69, 9.17) is 28.3 Å². The van der Waals surface area contributed by atoms with Crippen molar-refractivity contribution in [3.05, 3.63) is 35.9 Å². The number of nitrogens with zero attached hydrogens (tertiary/aromatic N) is 6. The van der Waals surface area contributed by atoms with Gasteiger partial charge in [0.15, 0.2) is 5.82 Å². The van der Waals surface area contributed by atoms with Crippen LogP contribution in [0.15, 0.2) is 40.6 Å². The van der Waals surface area contributed by atoms with E-state index in [1.807, 2.05) is 6.07 Å². The minimum atomic E-state index is -4.63. The molecule has 254 valence electrons. The minimum Gasteiger partial charge on any atom is -0.748 e. The van der Waals surface area contributed by atoms with Gasteiger partial charge in [0.05, 0.1) is 44.2 Å². The number of hydrogen-bond acceptors (Lipinski definition) is 11. The van der Waals surface area contributed by atoms with Crippen molar-refractivity contribution in [2.24, 2.45) is 16.1 Å². The van der Waals surface area contributed by atoms with E-state index in [-0.39, 0.29) is 145 Å². The number of nitriles is 1. The van der Waals surface area contributed by atoms with Gasteiger partial charge in [-0.05, 0) is 51.5 Å². The van der Waals surface area contributed by atoms with E-state index in [9.17, 15) is 32.9 Å². The molecular formula is C31H37Cl2K2N7O6S. The molecule has 1 aromatic carbocycles. The van der Waals surface area contributed by atoms with Crippen molar-refractivity contribution in [2.75, 3.05) is 13.1 Å². The number of carboxylic acid groups (broad SMARTS) is 1. The molecule has 2 aliphatic carbocycles. The van der Waals surface area contributed by atoms with Crippen LogP contribution in [0.25, 0.3) is 11.3 Å². The second kappa shape index (κ2) is 19.5. The van der Waals surface area contributed by atoms with E-state index in [1.165, 1.54) is 4.68 Å². The molecule has 5 rings (SSSR count). The Morgan fingerprint density at radius 3 is 2.37 bits per heavy atom. The second-order valence-electron chi connectivity index (χ2n) is 12.5. The molecule has 1 N–H and O–H groups in total. The molecule has 18 heteroatoms. The summed E-state index contributed by atoms with van der Waals surface area (Å²) < 4.78 is 36.9. The third kappa shape index (κ3) is 10.7. The monoisotopic (exact) mass is 783 g/mol.